The molecule has 1 aliphatic rings. The Hall–Kier alpha value is -0.870. The van der Waals surface area contributed by atoms with E-state index in [0.29, 0.717) is 6.54 Å². The second-order valence-corrected chi connectivity index (χ2v) is 4.25. The molecule has 0 saturated carbocycles. The van der Waals surface area contributed by atoms with Crippen molar-refractivity contribution in [2.75, 3.05) is 6.54 Å². The van der Waals surface area contributed by atoms with Crippen LogP contribution in [-0.2, 0) is 11.2 Å². The molecular formula is C10H11BrN2O. The first kappa shape index (κ1) is 9.68. The highest BCUT2D eigenvalue weighted by molar-refractivity contribution is 9.10. The van der Waals surface area contributed by atoms with E-state index < -0.39 is 0 Å². The zero-order valence-corrected chi connectivity index (χ0v) is 9.17. The van der Waals surface area contributed by atoms with Crippen LogP contribution in [0.5, 0.6) is 0 Å². The molecule has 1 aromatic rings. The summed E-state index contributed by atoms with van der Waals surface area (Å²) in [6.45, 7) is 0.429. The fourth-order valence-corrected chi connectivity index (χ4v) is 1.98. The lowest BCUT2D eigenvalue weighted by Gasteiger charge is -2.10. The van der Waals surface area contributed by atoms with Crippen molar-refractivity contribution in [3.05, 3.63) is 34.3 Å². The van der Waals surface area contributed by atoms with Crippen molar-refractivity contribution in [1.82, 2.24) is 10.6 Å². The Kier molecular flexibility index (Phi) is 2.84. The van der Waals surface area contributed by atoms with Crippen molar-refractivity contribution in [1.29, 1.82) is 0 Å². The average molecular weight is 255 g/mol. The van der Waals surface area contributed by atoms with Gasteiger partial charge in [-0.1, -0.05) is 28.1 Å². The van der Waals surface area contributed by atoms with Gasteiger partial charge in [0.1, 0.15) is 0 Å². The van der Waals surface area contributed by atoms with Crippen LogP contribution in [-0.4, -0.2) is 18.6 Å². The molecule has 1 atom stereocenters. The van der Waals surface area contributed by atoms with Gasteiger partial charge >= 0.3 is 0 Å². The van der Waals surface area contributed by atoms with Crippen molar-refractivity contribution >= 4 is 21.8 Å². The molecule has 0 aromatic heterocycles. The van der Waals surface area contributed by atoms with Crippen LogP contribution in [0.25, 0.3) is 0 Å². The second-order valence-electron chi connectivity index (χ2n) is 3.34. The summed E-state index contributed by atoms with van der Waals surface area (Å²) in [6, 6.07) is 8.10. The molecule has 0 bridgehead atoms. The fourth-order valence-electron chi connectivity index (χ4n) is 1.54. The summed E-state index contributed by atoms with van der Waals surface area (Å²) >= 11 is 3.42. The molecule has 3 nitrogen and oxygen atoms in total. The van der Waals surface area contributed by atoms with Gasteiger partial charge in [-0.25, -0.2) is 0 Å². The van der Waals surface area contributed by atoms with Gasteiger partial charge < -0.3 is 5.32 Å². The van der Waals surface area contributed by atoms with Crippen molar-refractivity contribution < 1.29 is 4.79 Å². The van der Waals surface area contributed by atoms with Crippen LogP contribution in [0, 0.1) is 0 Å². The highest BCUT2D eigenvalue weighted by Crippen LogP contribution is 2.13. The molecule has 1 aliphatic heterocycles. The number of benzene rings is 1. The molecule has 2 N–H and O–H groups in total. The monoisotopic (exact) mass is 254 g/mol. The Balaban J connectivity index is 2.00. The number of rotatable bonds is 2. The van der Waals surface area contributed by atoms with E-state index in [1.807, 2.05) is 12.1 Å². The molecule has 1 amide bonds. The van der Waals surface area contributed by atoms with Gasteiger partial charge in [-0.05, 0) is 17.7 Å². The molecule has 1 heterocycles. The first-order valence-electron chi connectivity index (χ1n) is 4.51. The minimum atomic E-state index is 0.0741. The summed E-state index contributed by atoms with van der Waals surface area (Å²) in [5, 5.41) is 5.95. The zero-order valence-electron chi connectivity index (χ0n) is 7.59. The molecule has 0 aliphatic carbocycles. The summed E-state index contributed by atoms with van der Waals surface area (Å²) in [7, 11) is 0. The van der Waals surface area contributed by atoms with E-state index >= 15 is 0 Å². The number of carbonyl (C=O) groups excluding carboxylic acids is 1. The summed E-state index contributed by atoms with van der Waals surface area (Å²) < 4.78 is 1.07. The summed E-state index contributed by atoms with van der Waals surface area (Å²) in [6.07, 6.45) is 0.905. The maximum Gasteiger partial charge on any atom is 0.235 e. The number of hydrogen-bond donors (Lipinski definition) is 2. The highest BCUT2D eigenvalue weighted by atomic mass is 79.9. The van der Waals surface area contributed by atoms with Crippen LogP contribution in [0.1, 0.15) is 5.56 Å². The number of nitrogens with one attached hydrogen (secondary N) is 2. The largest absolute Gasteiger partial charge is 0.339 e. The lowest BCUT2D eigenvalue weighted by atomic mass is 10.1. The van der Waals surface area contributed by atoms with Gasteiger partial charge in [0.15, 0.2) is 0 Å². The van der Waals surface area contributed by atoms with Gasteiger partial charge in [-0.2, -0.15) is 0 Å². The van der Waals surface area contributed by atoms with Gasteiger partial charge in [-0.3, -0.25) is 10.1 Å². The third-order valence-corrected chi connectivity index (χ3v) is 2.67. The third-order valence-electron chi connectivity index (χ3n) is 2.17. The quantitative estimate of drug-likeness (QED) is 0.829. The Bertz CT molecular complexity index is 354. The van der Waals surface area contributed by atoms with Crippen LogP contribution < -0.4 is 10.6 Å². The Morgan fingerprint density at radius 3 is 3.00 bits per heavy atom. The molecular weight excluding hydrogens is 244 g/mol. The molecule has 1 saturated heterocycles. The predicted octanol–water partition coefficient (Wildman–Crippen LogP) is 1.04. The third kappa shape index (κ3) is 2.33. The second kappa shape index (κ2) is 4.11. The maximum absolute atomic E-state index is 10.9. The van der Waals surface area contributed by atoms with Crippen LogP contribution in [0.4, 0.5) is 0 Å². The predicted molar refractivity (Wildman–Crippen MR) is 57.8 cm³/mol. The van der Waals surface area contributed by atoms with E-state index in [1.165, 1.54) is 5.56 Å². The van der Waals surface area contributed by atoms with E-state index in [1.54, 1.807) is 0 Å². The summed E-state index contributed by atoms with van der Waals surface area (Å²) in [5.74, 6) is 0.0741. The first-order valence-corrected chi connectivity index (χ1v) is 5.30. The Labute approximate surface area is 91.0 Å². The van der Waals surface area contributed by atoms with Gasteiger partial charge in [-0.15, -0.1) is 0 Å². The van der Waals surface area contributed by atoms with E-state index in [0.717, 1.165) is 10.9 Å². The molecule has 1 fully saturated rings. The molecule has 4 heteroatoms. The normalized spacial score (nSPS) is 20.9. The minimum Gasteiger partial charge on any atom is -0.339 e. The fraction of sp³-hybridized carbons (Fsp3) is 0.300. The Morgan fingerprint density at radius 2 is 2.36 bits per heavy atom. The number of halogens is 1. The molecule has 1 aromatic carbocycles. The summed E-state index contributed by atoms with van der Waals surface area (Å²) in [4.78, 5) is 10.9. The van der Waals surface area contributed by atoms with Gasteiger partial charge in [0.05, 0.1) is 12.7 Å². The molecule has 0 spiro atoms. The van der Waals surface area contributed by atoms with Crippen LogP contribution in [0.15, 0.2) is 28.7 Å². The van der Waals surface area contributed by atoms with Gasteiger partial charge in [0.25, 0.3) is 0 Å². The number of carbonyl (C=O) groups is 1. The van der Waals surface area contributed by atoms with Crippen LogP contribution in [0.2, 0.25) is 0 Å². The van der Waals surface area contributed by atoms with Crippen LogP contribution in [0.3, 0.4) is 0 Å². The molecule has 14 heavy (non-hydrogen) atoms. The molecule has 0 radical (unpaired) electrons. The molecule has 74 valence electrons. The van der Waals surface area contributed by atoms with E-state index in [4.69, 9.17) is 0 Å². The highest BCUT2D eigenvalue weighted by Gasteiger charge is 2.19. The minimum absolute atomic E-state index is 0.0741. The maximum atomic E-state index is 10.9. The van der Waals surface area contributed by atoms with E-state index in [9.17, 15) is 4.79 Å². The van der Waals surface area contributed by atoms with Gasteiger partial charge in [0, 0.05) is 10.9 Å². The summed E-state index contributed by atoms with van der Waals surface area (Å²) in [5.41, 5.74) is 1.21. The number of hydrogen-bond acceptors (Lipinski definition) is 2. The molecule has 1 unspecified atom stereocenters. The average Bonchev–Trinajstić information content (AvgIpc) is 2.51. The Morgan fingerprint density at radius 1 is 1.50 bits per heavy atom. The van der Waals surface area contributed by atoms with Crippen molar-refractivity contribution in [3.63, 3.8) is 0 Å². The van der Waals surface area contributed by atoms with Gasteiger partial charge in [0.2, 0.25) is 5.91 Å². The first-order chi connectivity index (χ1) is 6.74. The topological polar surface area (TPSA) is 41.1 Å². The van der Waals surface area contributed by atoms with Crippen molar-refractivity contribution in [2.45, 2.75) is 12.6 Å². The van der Waals surface area contributed by atoms with Crippen molar-refractivity contribution in [2.24, 2.45) is 0 Å². The lowest BCUT2D eigenvalue weighted by Crippen LogP contribution is -2.34. The van der Waals surface area contributed by atoms with Crippen LogP contribution >= 0.6 is 15.9 Å². The van der Waals surface area contributed by atoms with E-state index in [-0.39, 0.29) is 12.1 Å². The standard InChI is InChI=1S/C10H11BrN2O/c11-8-3-1-2-7(4-8)5-9-12-6-10(14)13-9/h1-4,9,12H,5-6H2,(H,13,14). The SMILES string of the molecule is O=C1CNC(Cc2cccc(Br)c2)N1. The molecule has 2 rings (SSSR count). The lowest BCUT2D eigenvalue weighted by molar-refractivity contribution is -0.118. The zero-order chi connectivity index (χ0) is 9.97. The smallest absolute Gasteiger partial charge is 0.235 e. The van der Waals surface area contributed by atoms with E-state index in [2.05, 4.69) is 38.7 Å². The number of amides is 1. The van der Waals surface area contributed by atoms with Crippen molar-refractivity contribution in [3.8, 4) is 0 Å².